The van der Waals surface area contributed by atoms with Gasteiger partial charge in [-0.05, 0) is 109 Å². The molecule has 4 saturated carbocycles. The van der Waals surface area contributed by atoms with Crippen molar-refractivity contribution in [2.45, 2.75) is 149 Å². The van der Waals surface area contributed by atoms with E-state index in [9.17, 15) is 35.4 Å². The maximum Gasteiger partial charge on any atom is 0.311 e. The minimum atomic E-state index is -2.56. The molecule has 9 nitrogen and oxygen atoms in total. The summed E-state index contributed by atoms with van der Waals surface area (Å²) in [6.07, 6.45) is 4.10. The Morgan fingerprint density at radius 2 is 1.58 bits per heavy atom. The van der Waals surface area contributed by atoms with Gasteiger partial charge in [-0.25, -0.2) is 0 Å². The van der Waals surface area contributed by atoms with Gasteiger partial charge in [-0.15, -0.1) is 0 Å². The number of carbonyl (C=O) groups is 1. The van der Waals surface area contributed by atoms with Crippen LogP contribution in [-0.4, -0.2) is 79.7 Å². The number of aliphatic hydroxyl groups is 5. The minimum Gasteiger partial charge on any atom is -0.481 e. The molecule has 45 heavy (non-hydrogen) atoms. The van der Waals surface area contributed by atoms with Crippen LogP contribution in [0.25, 0.3) is 0 Å². The lowest BCUT2D eigenvalue weighted by Gasteiger charge is -2.71. The van der Waals surface area contributed by atoms with Gasteiger partial charge >= 0.3 is 11.9 Å². The van der Waals surface area contributed by atoms with Crippen LogP contribution in [-0.2, 0) is 14.3 Å². The molecule has 0 bridgehead atoms. The number of rotatable bonds is 4. The second-order valence-corrected chi connectivity index (χ2v) is 18.0. The molecule has 0 aromatic rings. The predicted molar refractivity (Wildman–Crippen MR) is 166 cm³/mol. The van der Waals surface area contributed by atoms with Crippen LogP contribution in [0.5, 0.6) is 0 Å². The average molecular weight is 635 g/mol. The summed E-state index contributed by atoms with van der Waals surface area (Å²) in [5.41, 5.74) is 0.340. The fourth-order valence-corrected chi connectivity index (χ4v) is 12.2. The second kappa shape index (κ2) is 10.5. The molecule has 1 heterocycles. The first-order chi connectivity index (χ1) is 20.7. The standard InChI is InChI=1S/C36H58O9/c1-30(2)14-16-35(29(41)42)17-15-33(6)20(21(35)18-30)8-9-24-32(5)12-11-25(31(3,4)23(32)10-13-34(24,33)7)45-36(43)28(40)27(39)26(38)22(19-37)44-36/h8,21-28,37-40,43H,9-19H2,1-7H3,(H,41,42)/t21-,22?,23?,24?,25-,26-,27?,28-,32-,33+,34+,35-,36+/m0/s1. The van der Waals surface area contributed by atoms with Crippen LogP contribution in [0.4, 0.5) is 0 Å². The third kappa shape index (κ3) is 4.54. The SMILES string of the molecule is CC1(C)CC[C@]2(C(=O)O)CC[C@]3(C)C(=CCC4[C@@]5(C)CC[C@H](O[C@]6(O)OC(CO)[C@H](O)C(O)[C@@H]6O)C(C)(C)C5CC[C@]43C)[C@@H]2C1. The van der Waals surface area contributed by atoms with E-state index in [0.717, 1.165) is 57.8 Å². The van der Waals surface area contributed by atoms with Crippen LogP contribution in [0.1, 0.15) is 113 Å². The van der Waals surface area contributed by atoms with Crippen molar-refractivity contribution in [3.63, 3.8) is 0 Å². The quantitative estimate of drug-likeness (QED) is 0.150. The number of hydrogen-bond donors (Lipinski definition) is 6. The summed E-state index contributed by atoms with van der Waals surface area (Å²) in [5.74, 6) is -2.48. The molecule has 0 aromatic heterocycles. The molecule has 1 saturated heterocycles. The Hall–Kier alpha value is -1.07. The van der Waals surface area contributed by atoms with Gasteiger partial charge in [-0.3, -0.25) is 4.79 Å². The van der Waals surface area contributed by atoms with Gasteiger partial charge in [0, 0.05) is 0 Å². The Balaban J connectivity index is 1.31. The summed E-state index contributed by atoms with van der Waals surface area (Å²) in [4.78, 5) is 12.9. The van der Waals surface area contributed by atoms with E-state index in [2.05, 4.69) is 54.5 Å². The van der Waals surface area contributed by atoms with Gasteiger partial charge in [-0.1, -0.05) is 60.1 Å². The van der Waals surface area contributed by atoms with Crippen molar-refractivity contribution in [3.8, 4) is 0 Å². The molecule has 0 aromatic carbocycles. The van der Waals surface area contributed by atoms with Crippen LogP contribution in [0.3, 0.4) is 0 Å². The number of hydrogen-bond acceptors (Lipinski definition) is 8. The molecule has 6 rings (SSSR count). The van der Waals surface area contributed by atoms with Gasteiger partial charge in [-0.2, -0.15) is 0 Å². The van der Waals surface area contributed by atoms with E-state index in [-0.39, 0.29) is 33.5 Å². The minimum absolute atomic E-state index is 0.00777. The summed E-state index contributed by atoms with van der Waals surface area (Å²) in [5, 5.41) is 63.0. The Morgan fingerprint density at radius 3 is 2.22 bits per heavy atom. The van der Waals surface area contributed by atoms with E-state index >= 15 is 0 Å². The van der Waals surface area contributed by atoms with Crippen molar-refractivity contribution in [2.24, 2.45) is 50.2 Å². The highest BCUT2D eigenvalue weighted by atomic mass is 16.8. The van der Waals surface area contributed by atoms with E-state index in [1.165, 1.54) is 5.57 Å². The van der Waals surface area contributed by atoms with Gasteiger partial charge in [0.05, 0.1) is 18.1 Å². The van der Waals surface area contributed by atoms with Gasteiger partial charge < -0.3 is 40.1 Å². The molecule has 5 aliphatic carbocycles. The van der Waals surface area contributed by atoms with Gasteiger partial charge in [0.1, 0.15) is 18.3 Å². The van der Waals surface area contributed by atoms with Crippen molar-refractivity contribution in [2.75, 3.05) is 6.61 Å². The number of carboxylic acids is 1. The molecule has 0 spiro atoms. The molecule has 256 valence electrons. The lowest BCUT2D eigenvalue weighted by atomic mass is 9.33. The first-order valence-corrected chi connectivity index (χ1v) is 17.4. The monoisotopic (exact) mass is 634 g/mol. The molecule has 0 radical (unpaired) electrons. The lowest BCUT2D eigenvalue weighted by Crippen LogP contribution is -2.69. The van der Waals surface area contributed by atoms with Crippen LogP contribution < -0.4 is 0 Å². The zero-order chi connectivity index (χ0) is 33.2. The van der Waals surface area contributed by atoms with E-state index in [1.54, 1.807) is 0 Å². The molecular formula is C36H58O9. The molecule has 13 atom stereocenters. The van der Waals surface area contributed by atoms with E-state index in [0.29, 0.717) is 12.3 Å². The van der Waals surface area contributed by atoms with E-state index in [4.69, 9.17) is 9.47 Å². The van der Waals surface area contributed by atoms with Crippen molar-refractivity contribution in [3.05, 3.63) is 11.6 Å². The van der Waals surface area contributed by atoms with Gasteiger partial charge in [0.2, 0.25) is 0 Å². The number of aliphatic carboxylic acids is 1. The third-order valence-corrected chi connectivity index (χ3v) is 15.2. The largest absolute Gasteiger partial charge is 0.481 e. The lowest BCUT2D eigenvalue weighted by molar-refractivity contribution is -0.467. The number of allylic oxidation sites excluding steroid dienone is 2. The van der Waals surface area contributed by atoms with Crippen LogP contribution in [0.2, 0.25) is 0 Å². The zero-order valence-corrected chi connectivity index (χ0v) is 28.4. The highest BCUT2D eigenvalue weighted by molar-refractivity contribution is 5.76. The van der Waals surface area contributed by atoms with Crippen LogP contribution >= 0.6 is 0 Å². The number of fused-ring (bicyclic) bond motifs is 7. The summed E-state index contributed by atoms with van der Waals surface area (Å²) < 4.78 is 11.7. The van der Waals surface area contributed by atoms with Crippen LogP contribution in [0, 0.1) is 50.2 Å². The topological polar surface area (TPSA) is 157 Å². The number of carboxylic acid groups (broad SMARTS) is 1. The van der Waals surface area contributed by atoms with Crippen molar-refractivity contribution in [1.82, 2.24) is 0 Å². The van der Waals surface area contributed by atoms with Crippen molar-refractivity contribution >= 4 is 5.97 Å². The predicted octanol–water partition coefficient (Wildman–Crippen LogP) is 4.38. The first-order valence-electron chi connectivity index (χ1n) is 17.4. The molecule has 6 aliphatic rings. The van der Waals surface area contributed by atoms with E-state index in [1.807, 2.05) is 0 Å². The van der Waals surface area contributed by atoms with E-state index < -0.39 is 59.9 Å². The normalized spacial score (nSPS) is 53.6. The smallest absolute Gasteiger partial charge is 0.311 e. The fraction of sp³-hybridized carbons (Fsp3) is 0.917. The highest BCUT2D eigenvalue weighted by Crippen LogP contribution is 2.76. The average Bonchev–Trinajstić information content (AvgIpc) is 2.95. The molecule has 6 N–H and O–H groups in total. The Morgan fingerprint density at radius 1 is 0.911 bits per heavy atom. The molecule has 1 aliphatic heterocycles. The summed E-state index contributed by atoms with van der Waals surface area (Å²) in [6.45, 7) is 15.6. The summed E-state index contributed by atoms with van der Waals surface area (Å²) in [6, 6.07) is 0. The molecule has 5 fully saturated rings. The molecule has 4 unspecified atom stereocenters. The number of ether oxygens (including phenoxy) is 2. The summed E-state index contributed by atoms with van der Waals surface area (Å²) in [7, 11) is 0. The Bertz CT molecular complexity index is 1230. The van der Waals surface area contributed by atoms with Crippen molar-refractivity contribution in [1.29, 1.82) is 0 Å². The fourth-order valence-electron chi connectivity index (χ4n) is 12.2. The van der Waals surface area contributed by atoms with Crippen LogP contribution in [0.15, 0.2) is 11.6 Å². The van der Waals surface area contributed by atoms with Gasteiger partial charge in [0.15, 0.2) is 6.10 Å². The molecule has 0 amide bonds. The first kappa shape index (κ1) is 33.8. The zero-order valence-electron chi connectivity index (χ0n) is 28.4. The highest BCUT2D eigenvalue weighted by Gasteiger charge is 2.70. The second-order valence-electron chi connectivity index (χ2n) is 18.0. The maximum atomic E-state index is 12.9. The van der Waals surface area contributed by atoms with Gasteiger partial charge in [0.25, 0.3) is 0 Å². The summed E-state index contributed by atoms with van der Waals surface area (Å²) >= 11 is 0. The Labute approximate surface area is 268 Å². The maximum absolute atomic E-state index is 12.9. The number of aliphatic hydroxyl groups excluding tert-OH is 4. The molecular weight excluding hydrogens is 576 g/mol. The van der Waals surface area contributed by atoms with Crippen molar-refractivity contribution < 1.29 is 44.9 Å². The Kier molecular flexibility index (Phi) is 7.86. The third-order valence-electron chi connectivity index (χ3n) is 15.2. The molecule has 9 heteroatoms.